The molecule has 1 aromatic heterocycles. The van der Waals surface area contributed by atoms with E-state index in [0.29, 0.717) is 38.1 Å². The number of nitrogens with one attached hydrogen (secondary N) is 1. The molecule has 1 aliphatic rings. The second kappa shape index (κ2) is 11.3. The number of fused-ring (bicyclic) bond motifs is 1. The number of aryl methyl sites for hydroxylation is 1. The van der Waals surface area contributed by atoms with Gasteiger partial charge in [0.1, 0.15) is 11.6 Å². The smallest absolute Gasteiger partial charge is 0.253 e. The van der Waals surface area contributed by atoms with Gasteiger partial charge in [0.15, 0.2) is 0 Å². The van der Waals surface area contributed by atoms with Gasteiger partial charge in [-0.25, -0.2) is 4.98 Å². The maximum Gasteiger partial charge on any atom is 0.253 e. The molecule has 0 radical (unpaired) electrons. The molecular formula is C30H32N4O3. The quantitative estimate of drug-likeness (QED) is 0.381. The van der Waals surface area contributed by atoms with Crippen LogP contribution in [0.1, 0.15) is 42.4 Å². The summed E-state index contributed by atoms with van der Waals surface area (Å²) < 4.78 is 7.59. The number of aromatic nitrogens is 2. The van der Waals surface area contributed by atoms with Gasteiger partial charge in [-0.1, -0.05) is 30.3 Å². The van der Waals surface area contributed by atoms with Crippen LogP contribution in [0.4, 0.5) is 0 Å². The third kappa shape index (κ3) is 5.66. The molecule has 1 fully saturated rings. The Hall–Kier alpha value is -4.13. The number of hydrogen-bond acceptors (Lipinski definition) is 4. The molecule has 2 amide bonds. The molecule has 0 saturated carbocycles. The van der Waals surface area contributed by atoms with Crippen molar-refractivity contribution < 1.29 is 14.3 Å². The predicted molar refractivity (Wildman–Crippen MR) is 144 cm³/mol. The molecule has 0 bridgehead atoms. The monoisotopic (exact) mass is 496 g/mol. The zero-order chi connectivity index (χ0) is 25.6. The Morgan fingerprint density at radius 2 is 1.65 bits per heavy atom. The summed E-state index contributed by atoms with van der Waals surface area (Å²) in [5, 5.41) is 3.17. The van der Waals surface area contributed by atoms with Crippen molar-refractivity contribution in [3.63, 3.8) is 0 Å². The number of piperidine rings is 1. The van der Waals surface area contributed by atoms with Crippen LogP contribution in [0.3, 0.4) is 0 Å². The van der Waals surface area contributed by atoms with E-state index in [0.717, 1.165) is 41.1 Å². The molecule has 190 valence electrons. The minimum atomic E-state index is 0.0166. The summed E-state index contributed by atoms with van der Waals surface area (Å²) >= 11 is 0. The van der Waals surface area contributed by atoms with E-state index in [1.807, 2.05) is 72.5 Å². The van der Waals surface area contributed by atoms with Crippen molar-refractivity contribution in [2.45, 2.75) is 38.6 Å². The molecule has 0 aliphatic carbocycles. The first-order valence-electron chi connectivity index (χ1n) is 13.0. The minimum Gasteiger partial charge on any atom is -0.494 e. The average molecular weight is 497 g/mol. The lowest BCUT2D eigenvalue weighted by Crippen LogP contribution is -2.46. The molecule has 4 aromatic rings. The molecule has 1 N–H and O–H groups in total. The first-order chi connectivity index (χ1) is 18.1. The Kier molecular flexibility index (Phi) is 7.49. The number of para-hydroxylation sites is 3. The molecule has 0 unspecified atom stereocenters. The van der Waals surface area contributed by atoms with Crippen molar-refractivity contribution in [1.82, 2.24) is 19.8 Å². The lowest BCUT2D eigenvalue weighted by molar-refractivity contribution is -0.122. The van der Waals surface area contributed by atoms with Gasteiger partial charge in [0, 0.05) is 43.2 Å². The predicted octanol–water partition coefficient (Wildman–Crippen LogP) is 4.78. The van der Waals surface area contributed by atoms with Crippen LogP contribution in [0.5, 0.6) is 5.75 Å². The molecule has 37 heavy (non-hydrogen) atoms. The minimum absolute atomic E-state index is 0.0166. The van der Waals surface area contributed by atoms with E-state index in [4.69, 9.17) is 9.72 Å². The number of hydrogen-bond donors (Lipinski definition) is 1. The second-order valence-corrected chi connectivity index (χ2v) is 9.28. The van der Waals surface area contributed by atoms with Crippen LogP contribution in [-0.4, -0.2) is 52.0 Å². The highest BCUT2D eigenvalue weighted by Crippen LogP contribution is 2.23. The summed E-state index contributed by atoms with van der Waals surface area (Å²) in [7, 11) is 0. The summed E-state index contributed by atoms with van der Waals surface area (Å²) in [5.41, 5.74) is 3.66. The number of carbonyl (C=O) groups excluding carboxylic acids is 2. The Morgan fingerprint density at radius 3 is 2.38 bits per heavy atom. The summed E-state index contributed by atoms with van der Waals surface area (Å²) in [6.07, 6.45) is 2.40. The summed E-state index contributed by atoms with van der Waals surface area (Å²) in [6, 6.07) is 25.5. The maximum atomic E-state index is 12.9. The SMILES string of the molecule is CCOc1ccc(C(=O)N2CCC(NC(=O)CCc3nc4ccccc4n3-c3ccccc3)CC2)cc1. The number of carbonyl (C=O) groups is 2. The highest BCUT2D eigenvalue weighted by Gasteiger charge is 2.25. The first kappa shape index (κ1) is 24.6. The third-order valence-electron chi connectivity index (χ3n) is 6.78. The fourth-order valence-electron chi connectivity index (χ4n) is 4.90. The number of amides is 2. The largest absolute Gasteiger partial charge is 0.494 e. The van der Waals surface area contributed by atoms with E-state index in [-0.39, 0.29) is 17.9 Å². The van der Waals surface area contributed by atoms with Gasteiger partial charge in [0.05, 0.1) is 17.6 Å². The molecule has 7 heteroatoms. The van der Waals surface area contributed by atoms with Crippen molar-refractivity contribution in [2.24, 2.45) is 0 Å². The molecular weight excluding hydrogens is 464 g/mol. The van der Waals surface area contributed by atoms with Gasteiger partial charge in [-0.05, 0) is 68.3 Å². The van der Waals surface area contributed by atoms with E-state index < -0.39 is 0 Å². The lowest BCUT2D eigenvalue weighted by Gasteiger charge is -2.32. The van der Waals surface area contributed by atoms with Crippen molar-refractivity contribution in [3.8, 4) is 11.4 Å². The fraction of sp³-hybridized carbons (Fsp3) is 0.300. The van der Waals surface area contributed by atoms with Crippen LogP contribution in [0.25, 0.3) is 16.7 Å². The maximum absolute atomic E-state index is 12.9. The molecule has 7 nitrogen and oxygen atoms in total. The topological polar surface area (TPSA) is 76.5 Å². The van der Waals surface area contributed by atoms with Crippen LogP contribution in [0.15, 0.2) is 78.9 Å². The number of rotatable bonds is 8. The van der Waals surface area contributed by atoms with Gasteiger partial charge in [0.2, 0.25) is 5.91 Å². The van der Waals surface area contributed by atoms with Crippen molar-refractivity contribution in [3.05, 3.63) is 90.3 Å². The number of benzene rings is 3. The van der Waals surface area contributed by atoms with E-state index in [1.54, 1.807) is 0 Å². The van der Waals surface area contributed by atoms with E-state index in [2.05, 4.69) is 28.1 Å². The van der Waals surface area contributed by atoms with Crippen LogP contribution >= 0.6 is 0 Å². The zero-order valence-corrected chi connectivity index (χ0v) is 21.1. The zero-order valence-electron chi connectivity index (χ0n) is 21.1. The Balaban J connectivity index is 1.15. The van der Waals surface area contributed by atoms with Gasteiger partial charge >= 0.3 is 0 Å². The molecule has 1 aliphatic heterocycles. The number of ether oxygens (including phenoxy) is 1. The fourth-order valence-corrected chi connectivity index (χ4v) is 4.90. The normalized spacial score (nSPS) is 14.0. The summed E-state index contributed by atoms with van der Waals surface area (Å²) in [5.74, 6) is 1.67. The molecule has 0 spiro atoms. The van der Waals surface area contributed by atoms with Gasteiger partial charge < -0.3 is 15.0 Å². The molecule has 5 rings (SSSR count). The van der Waals surface area contributed by atoms with Gasteiger partial charge in [-0.3, -0.25) is 14.2 Å². The van der Waals surface area contributed by atoms with E-state index in [1.165, 1.54) is 0 Å². The van der Waals surface area contributed by atoms with E-state index >= 15 is 0 Å². The summed E-state index contributed by atoms with van der Waals surface area (Å²) in [4.78, 5) is 32.4. The highest BCUT2D eigenvalue weighted by atomic mass is 16.5. The number of nitrogens with zero attached hydrogens (tertiary/aromatic N) is 3. The van der Waals surface area contributed by atoms with Gasteiger partial charge in [-0.15, -0.1) is 0 Å². The number of likely N-dealkylation sites (tertiary alicyclic amines) is 1. The molecule has 1 saturated heterocycles. The van der Waals surface area contributed by atoms with Crippen LogP contribution < -0.4 is 10.1 Å². The van der Waals surface area contributed by atoms with Crippen LogP contribution in [-0.2, 0) is 11.2 Å². The molecule has 2 heterocycles. The van der Waals surface area contributed by atoms with Crippen LogP contribution in [0.2, 0.25) is 0 Å². The van der Waals surface area contributed by atoms with Gasteiger partial charge in [0.25, 0.3) is 5.91 Å². The second-order valence-electron chi connectivity index (χ2n) is 9.28. The highest BCUT2D eigenvalue weighted by molar-refractivity contribution is 5.94. The Labute approximate surface area is 217 Å². The third-order valence-corrected chi connectivity index (χ3v) is 6.78. The average Bonchev–Trinajstić information content (AvgIpc) is 3.31. The van der Waals surface area contributed by atoms with Crippen molar-refractivity contribution in [2.75, 3.05) is 19.7 Å². The summed E-state index contributed by atoms with van der Waals surface area (Å²) in [6.45, 7) is 3.78. The Bertz CT molecular complexity index is 1360. The van der Waals surface area contributed by atoms with Crippen molar-refractivity contribution >= 4 is 22.8 Å². The lowest BCUT2D eigenvalue weighted by atomic mass is 10.0. The van der Waals surface area contributed by atoms with Gasteiger partial charge in [-0.2, -0.15) is 0 Å². The van der Waals surface area contributed by atoms with E-state index in [9.17, 15) is 9.59 Å². The van der Waals surface area contributed by atoms with Crippen LogP contribution in [0, 0.1) is 0 Å². The van der Waals surface area contributed by atoms with Crippen molar-refractivity contribution in [1.29, 1.82) is 0 Å². The molecule has 0 atom stereocenters. The number of imidazole rings is 1. The standard InChI is InChI=1S/C30H32N4O3/c1-2-37-25-14-12-22(13-15-25)30(36)33-20-18-23(19-21-33)31-29(35)17-16-28-32-26-10-6-7-11-27(26)34(28)24-8-4-3-5-9-24/h3-15,23H,2,16-21H2,1H3,(H,31,35). The first-order valence-corrected chi connectivity index (χ1v) is 13.0. The molecule has 3 aromatic carbocycles. The Morgan fingerprint density at radius 1 is 0.946 bits per heavy atom.